The minimum absolute atomic E-state index is 0.00873. The Bertz CT molecular complexity index is 979. The Balaban J connectivity index is 1.75. The van der Waals surface area contributed by atoms with Gasteiger partial charge in [-0.2, -0.15) is 4.31 Å². The van der Waals surface area contributed by atoms with Crippen LogP contribution < -0.4 is 14.8 Å². The molecule has 156 valence electrons. The third-order valence-electron chi connectivity index (χ3n) is 4.87. The summed E-state index contributed by atoms with van der Waals surface area (Å²) in [6.07, 6.45) is 1.11. The Labute approximate surface area is 169 Å². The number of hydrogen-bond donors (Lipinski definition) is 1. The number of hydrogen-bond acceptors (Lipinski definition) is 5. The van der Waals surface area contributed by atoms with Crippen molar-refractivity contribution in [1.29, 1.82) is 0 Å². The Kier molecular flexibility index (Phi) is 6.39. The molecule has 0 spiro atoms. The molecule has 0 radical (unpaired) electrons. The fraction of sp³-hybridized carbons (Fsp3) is 0.350. The average Bonchev–Trinajstić information content (AvgIpc) is 2.74. The third-order valence-corrected chi connectivity index (χ3v) is 6.75. The predicted octanol–water partition coefficient (Wildman–Crippen LogP) is 2.88. The molecule has 2 aromatic carbocycles. The summed E-state index contributed by atoms with van der Waals surface area (Å²) in [5, 5.41) is 2.81. The van der Waals surface area contributed by atoms with E-state index in [-0.39, 0.29) is 17.3 Å². The highest BCUT2D eigenvalue weighted by molar-refractivity contribution is 7.89. The van der Waals surface area contributed by atoms with Crippen LogP contribution in [0.3, 0.4) is 0 Å². The van der Waals surface area contributed by atoms with Crippen molar-refractivity contribution in [1.82, 2.24) is 4.31 Å². The molecule has 1 atom stereocenters. The van der Waals surface area contributed by atoms with E-state index in [2.05, 4.69) is 5.32 Å². The quantitative estimate of drug-likeness (QED) is 0.774. The Morgan fingerprint density at radius 2 is 1.86 bits per heavy atom. The van der Waals surface area contributed by atoms with E-state index in [1.165, 1.54) is 30.7 Å². The maximum absolute atomic E-state index is 13.1. The molecule has 1 aliphatic rings. The number of nitrogens with zero attached hydrogens (tertiary/aromatic N) is 1. The summed E-state index contributed by atoms with van der Waals surface area (Å²) in [5.41, 5.74) is 0.454. The number of methoxy groups -OCH3 is 2. The molecule has 1 fully saturated rings. The molecule has 0 unspecified atom stereocenters. The van der Waals surface area contributed by atoms with Crippen molar-refractivity contribution in [2.24, 2.45) is 5.92 Å². The monoisotopic (exact) mass is 422 g/mol. The van der Waals surface area contributed by atoms with Crippen LogP contribution in [0.2, 0.25) is 0 Å². The zero-order chi connectivity index (χ0) is 21.0. The lowest BCUT2D eigenvalue weighted by Crippen LogP contribution is -2.43. The van der Waals surface area contributed by atoms with Gasteiger partial charge in [0.05, 0.1) is 30.7 Å². The van der Waals surface area contributed by atoms with Gasteiger partial charge in [0.1, 0.15) is 17.3 Å². The first kappa shape index (κ1) is 21.1. The summed E-state index contributed by atoms with van der Waals surface area (Å²) in [5.74, 6) is -0.284. The largest absolute Gasteiger partial charge is 0.497 e. The van der Waals surface area contributed by atoms with E-state index in [9.17, 15) is 17.6 Å². The summed E-state index contributed by atoms with van der Waals surface area (Å²) < 4.78 is 50.5. The molecule has 1 aliphatic heterocycles. The van der Waals surface area contributed by atoms with Gasteiger partial charge in [0.15, 0.2) is 0 Å². The molecule has 0 bridgehead atoms. The van der Waals surface area contributed by atoms with Gasteiger partial charge in [-0.3, -0.25) is 4.79 Å². The summed E-state index contributed by atoms with van der Waals surface area (Å²) in [7, 11) is -0.784. The van der Waals surface area contributed by atoms with Crippen LogP contribution in [0.5, 0.6) is 11.5 Å². The topological polar surface area (TPSA) is 84.9 Å². The highest BCUT2D eigenvalue weighted by Gasteiger charge is 2.33. The van der Waals surface area contributed by atoms with Gasteiger partial charge in [-0.05, 0) is 49.2 Å². The number of ether oxygens (including phenoxy) is 2. The van der Waals surface area contributed by atoms with Gasteiger partial charge in [-0.1, -0.05) is 0 Å². The molecule has 3 rings (SSSR count). The van der Waals surface area contributed by atoms with Crippen molar-refractivity contribution < 1.29 is 27.1 Å². The molecular formula is C20H23FN2O5S. The molecule has 7 nitrogen and oxygen atoms in total. The minimum atomic E-state index is -3.80. The Morgan fingerprint density at radius 1 is 1.14 bits per heavy atom. The Hall–Kier alpha value is -2.65. The highest BCUT2D eigenvalue weighted by atomic mass is 32.2. The number of sulfonamides is 1. The number of carbonyl (C=O) groups excluding carboxylic acids is 1. The summed E-state index contributed by atoms with van der Waals surface area (Å²) in [4.78, 5) is 12.8. The van der Waals surface area contributed by atoms with Crippen LogP contribution in [0.4, 0.5) is 10.1 Å². The van der Waals surface area contributed by atoms with Crippen LogP contribution in [0.1, 0.15) is 12.8 Å². The number of rotatable bonds is 6. The molecule has 1 heterocycles. The molecule has 0 aromatic heterocycles. The van der Waals surface area contributed by atoms with Gasteiger partial charge in [-0.25, -0.2) is 12.8 Å². The standard InChI is InChI=1S/C20H23FN2O5S/c1-27-16-7-10-19(28-2)18(12-16)22-20(24)14-4-3-11-23(13-14)29(25,26)17-8-5-15(21)6-9-17/h5-10,12,14H,3-4,11,13H2,1-2H3,(H,22,24)/t14-/m0/s1. The minimum Gasteiger partial charge on any atom is -0.497 e. The zero-order valence-corrected chi connectivity index (χ0v) is 17.0. The van der Waals surface area contributed by atoms with E-state index in [0.29, 0.717) is 36.6 Å². The van der Waals surface area contributed by atoms with E-state index in [1.54, 1.807) is 18.2 Å². The normalized spacial score (nSPS) is 17.6. The maximum Gasteiger partial charge on any atom is 0.243 e. The summed E-state index contributed by atoms with van der Waals surface area (Å²) >= 11 is 0. The maximum atomic E-state index is 13.1. The molecule has 0 saturated carbocycles. The van der Waals surface area contributed by atoms with E-state index >= 15 is 0 Å². The fourth-order valence-electron chi connectivity index (χ4n) is 3.28. The van der Waals surface area contributed by atoms with Gasteiger partial charge < -0.3 is 14.8 Å². The molecule has 1 N–H and O–H groups in total. The number of amides is 1. The van der Waals surface area contributed by atoms with E-state index < -0.39 is 21.8 Å². The average molecular weight is 422 g/mol. The molecule has 1 saturated heterocycles. The first-order valence-electron chi connectivity index (χ1n) is 9.13. The van der Waals surface area contributed by atoms with Gasteiger partial charge >= 0.3 is 0 Å². The predicted molar refractivity (Wildman–Crippen MR) is 106 cm³/mol. The van der Waals surface area contributed by atoms with E-state index in [0.717, 1.165) is 12.1 Å². The number of anilines is 1. The van der Waals surface area contributed by atoms with Crippen molar-refractivity contribution >= 4 is 21.6 Å². The number of piperidine rings is 1. The summed E-state index contributed by atoms with van der Waals surface area (Å²) in [6, 6.07) is 9.72. The number of nitrogens with one attached hydrogen (secondary N) is 1. The zero-order valence-electron chi connectivity index (χ0n) is 16.2. The lowest BCUT2D eigenvalue weighted by Gasteiger charge is -2.31. The van der Waals surface area contributed by atoms with Crippen LogP contribution in [-0.4, -0.2) is 45.9 Å². The van der Waals surface area contributed by atoms with Crippen LogP contribution in [0, 0.1) is 11.7 Å². The lowest BCUT2D eigenvalue weighted by atomic mass is 9.98. The molecule has 2 aromatic rings. The van der Waals surface area contributed by atoms with Gasteiger partial charge in [0, 0.05) is 19.2 Å². The van der Waals surface area contributed by atoms with Gasteiger partial charge in [0.2, 0.25) is 15.9 Å². The fourth-order valence-corrected chi connectivity index (χ4v) is 4.80. The van der Waals surface area contributed by atoms with Crippen molar-refractivity contribution in [2.45, 2.75) is 17.7 Å². The smallest absolute Gasteiger partial charge is 0.243 e. The molecule has 9 heteroatoms. The molecule has 0 aliphatic carbocycles. The molecule has 1 amide bonds. The van der Waals surface area contributed by atoms with Crippen molar-refractivity contribution in [2.75, 3.05) is 32.6 Å². The van der Waals surface area contributed by atoms with E-state index in [4.69, 9.17) is 9.47 Å². The van der Waals surface area contributed by atoms with Crippen LogP contribution in [0.25, 0.3) is 0 Å². The van der Waals surface area contributed by atoms with Gasteiger partial charge in [0.25, 0.3) is 0 Å². The second-order valence-corrected chi connectivity index (χ2v) is 8.65. The molecule has 29 heavy (non-hydrogen) atoms. The first-order valence-corrected chi connectivity index (χ1v) is 10.6. The second kappa shape index (κ2) is 8.79. The lowest BCUT2D eigenvalue weighted by molar-refractivity contribution is -0.120. The van der Waals surface area contributed by atoms with Crippen molar-refractivity contribution in [3.05, 3.63) is 48.3 Å². The van der Waals surface area contributed by atoms with Crippen molar-refractivity contribution in [3.63, 3.8) is 0 Å². The van der Waals surface area contributed by atoms with Crippen LogP contribution >= 0.6 is 0 Å². The second-order valence-electron chi connectivity index (χ2n) is 6.71. The van der Waals surface area contributed by atoms with Gasteiger partial charge in [-0.15, -0.1) is 0 Å². The van der Waals surface area contributed by atoms with E-state index in [1.807, 2.05) is 0 Å². The first-order chi connectivity index (χ1) is 13.8. The van der Waals surface area contributed by atoms with Crippen LogP contribution in [-0.2, 0) is 14.8 Å². The number of halogens is 1. The highest BCUT2D eigenvalue weighted by Crippen LogP contribution is 2.31. The summed E-state index contributed by atoms with van der Waals surface area (Å²) in [6.45, 7) is 0.365. The van der Waals surface area contributed by atoms with Crippen molar-refractivity contribution in [3.8, 4) is 11.5 Å². The Morgan fingerprint density at radius 3 is 2.52 bits per heavy atom. The SMILES string of the molecule is COc1ccc(OC)c(NC(=O)[C@H]2CCCN(S(=O)(=O)c3ccc(F)cc3)C2)c1. The number of carbonyl (C=O) groups is 1. The molecular weight excluding hydrogens is 399 g/mol. The third kappa shape index (κ3) is 4.68. The number of benzene rings is 2. The van der Waals surface area contributed by atoms with Crippen LogP contribution in [0.15, 0.2) is 47.4 Å².